The second kappa shape index (κ2) is 6.76. The van der Waals surface area contributed by atoms with Crippen LogP contribution in [0.1, 0.15) is 11.6 Å². The number of hydrogen-bond donors (Lipinski definition) is 1. The first-order valence-corrected chi connectivity index (χ1v) is 8.73. The Balaban J connectivity index is 1.52. The van der Waals surface area contributed by atoms with Crippen molar-refractivity contribution >= 4 is 22.8 Å². The van der Waals surface area contributed by atoms with Crippen LogP contribution < -0.4 is 5.32 Å². The normalized spacial score (nSPS) is 18.2. The van der Waals surface area contributed by atoms with Crippen molar-refractivity contribution in [3.05, 3.63) is 54.1 Å². The molecule has 26 heavy (non-hydrogen) atoms. The quantitative estimate of drug-likeness (QED) is 0.771. The number of benzene rings is 2. The van der Waals surface area contributed by atoms with E-state index in [0.717, 1.165) is 12.1 Å². The molecule has 134 valence electrons. The maximum atomic E-state index is 12.8. The van der Waals surface area contributed by atoms with E-state index in [0.29, 0.717) is 24.3 Å². The third-order valence-corrected chi connectivity index (χ3v) is 4.87. The van der Waals surface area contributed by atoms with Gasteiger partial charge in [-0.25, -0.2) is 4.79 Å². The lowest BCUT2D eigenvalue weighted by molar-refractivity contribution is 0.116. The number of urea groups is 1. The average molecular weight is 350 g/mol. The van der Waals surface area contributed by atoms with Gasteiger partial charge in [0, 0.05) is 26.7 Å². The lowest BCUT2D eigenvalue weighted by Gasteiger charge is -2.39. The van der Waals surface area contributed by atoms with Crippen LogP contribution >= 0.6 is 0 Å². The van der Waals surface area contributed by atoms with E-state index in [9.17, 15) is 4.79 Å². The molecule has 0 saturated carbocycles. The topological polar surface area (TPSA) is 66.3 Å². The molecule has 1 fully saturated rings. The van der Waals surface area contributed by atoms with Gasteiger partial charge in [0.05, 0.1) is 11.7 Å². The number of likely N-dealkylation sites (N-methyl/N-ethyl adjacent to an activating group) is 1. The molecule has 7 heteroatoms. The molecule has 1 aliphatic heterocycles. The lowest BCUT2D eigenvalue weighted by atomic mass is 10.0. The third kappa shape index (κ3) is 3.13. The maximum Gasteiger partial charge on any atom is 0.322 e. The van der Waals surface area contributed by atoms with Crippen molar-refractivity contribution < 1.29 is 4.79 Å². The highest BCUT2D eigenvalue weighted by atomic mass is 16.2. The summed E-state index contributed by atoms with van der Waals surface area (Å²) in [5.74, 6) is 0. The molecule has 1 aromatic heterocycles. The molecular formula is C19H22N6O. The molecule has 0 aliphatic carbocycles. The Kier molecular flexibility index (Phi) is 4.30. The Morgan fingerprint density at radius 2 is 1.85 bits per heavy atom. The number of aryl methyl sites for hydroxylation is 1. The van der Waals surface area contributed by atoms with Gasteiger partial charge in [-0.05, 0) is 24.7 Å². The van der Waals surface area contributed by atoms with E-state index in [1.54, 1.807) is 7.05 Å². The minimum Gasteiger partial charge on any atom is -0.321 e. The first-order valence-electron chi connectivity index (χ1n) is 8.73. The fraction of sp³-hybridized carbons (Fsp3) is 0.316. The maximum absolute atomic E-state index is 12.8. The van der Waals surface area contributed by atoms with Crippen molar-refractivity contribution in [3.63, 3.8) is 0 Å². The molecule has 1 atom stereocenters. The number of anilines is 1. The molecule has 2 amide bonds. The van der Waals surface area contributed by atoms with Crippen LogP contribution in [-0.2, 0) is 7.05 Å². The van der Waals surface area contributed by atoms with Crippen LogP contribution in [0.5, 0.6) is 0 Å². The van der Waals surface area contributed by atoms with Crippen molar-refractivity contribution in [2.24, 2.45) is 7.05 Å². The van der Waals surface area contributed by atoms with E-state index in [4.69, 9.17) is 0 Å². The van der Waals surface area contributed by atoms with Gasteiger partial charge in [-0.3, -0.25) is 4.90 Å². The number of amides is 2. The number of piperazine rings is 1. The summed E-state index contributed by atoms with van der Waals surface area (Å²) in [6, 6.07) is 16.0. The molecular weight excluding hydrogens is 328 g/mol. The number of carbonyl (C=O) groups excluding carboxylic acids is 1. The summed E-state index contributed by atoms with van der Waals surface area (Å²) in [4.78, 5) is 18.5. The van der Waals surface area contributed by atoms with Crippen LogP contribution in [0.4, 0.5) is 10.5 Å². The Hall–Kier alpha value is -2.93. The molecule has 2 heterocycles. The average Bonchev–Trinajstić information content (AvgIpc) is 3.04. The number of nitrogens with zero attached hydrogens (tertiary/aromatic N) is 5. The summed E-state index contributed by atoms with van der Waals surface area (Å²) in [7, 11) is 3.88. The SMILES string of the molecule is CN1CCN(C(=O)Nc2cccc3nn(C)nc23)CC1c1ccccc1. The van der Waals surface area contributed by atoms with E-state index in [1.807, 2.05) is 41.3 Å². The molecule has 0 spiro atoms. The van der Waals surface area contributed by atoms with Crippen molar-refractivity contribution in [1.29, 1.82) is 0 Å². The monoisotopic (exact) mass is 350 g/mol. The smallest absolute Gasteiger partial charge is 0.321 e. The largest absolute Gasteiger partial charge is 0.322 e. The van der Waals surface area contributed by atoms with Gasteiger partial charge in [0.15, 0.2) is 0 Å². The van der Waals surface area contributed by atoms with Gasteiger partial charge in [0.2, 0.25) is 0 Å². The Morgan fingerprint density at radius 3 is 2.65 bits per heavy atom. The molecule has 1 saturated heterocycles. The minimum atomic E-state index is -0.0998. The van der Waals surface area contributed by atoms with Gasteiger partial charge >= 0.3 is 6.03 Å². The van der Waals surface area contributed by atoms with Gasteiger partial charge in [-0.2, -0.15) is 15.0 Å². The molecule has 0 bridgehead atoms. The molecule has 1 N–H and O–H groups in total. The summed E-state index contributed by atoms with van der Waals surface area (Å²) < 4.78 is 0. The molecule has 4 rings (SSSR count). The number of rotatable bonds is 2. The number of aromatic nitrogens is 3. The highest BCUT2D eigenvalue weighted by molar-refractivity contribution is 5.98. The first kappa shape index (κ1) is 16.5. The fourth-order valence-electron chi connectivity index (χ4n) is 3.43. The van der Waals surface area contributed by atoms with Crippen LogP contribution in [0.3, 0.4) is 0 Å². The number of hydrogen-bond acceptors (Lipinski definition) is 4. The summed E-state index contributed by atoms with van der Waals surface area (Å²) in [6.45, 7) is 2.19. The molecule has 3 aromatic rings. The minimum absolute atomic E-state index is 0.0998. The predicted molar refractivity (Wildman–Crippen MR) is 101 cm³/mol. The van der Waals surface area contributed by atoms with Crippen molar-refractivity contribution in [1.82, 2.24) is 24.8 Å². The van der Waals surface area contributed by atoms with Crippen molar-refractivity contribution in [3.8, 4) is 0 Å². The van der Waals surface area contributed by atoms with Gasteiger partial charge in [-0.1, -0.05) is 36.4 Å². The Labute approximate surface area is 152 Å². The zero-order valence-corrected chi connectivity index (χ0v) is 15.0. The van der Waals surface area contributed by atoms with Gasteiger partial charge in [-0.15, -0.1) is 0 Å². The molecule has 7 nitrogen and oxygen atoms in total. The van der Waals surface area contributed by atoms with Crippen LogP contribution in [-0.4, -0.2) is 57.5 Å². The van der Waals surface area contributed by atoms with Crippen molar-refractivity contribution in [2.45, 2.75) is 6.04 Å². The second-order valence-corrected chi connectivity index (χ2v) is 6.65. The van der Waals surface area contributed by atoms with Gasteiger partial charge in [0.1, 0.15) is 11.0 Å². The molecule has 2 aromatic carbocycles. The van der Waals surface area contributed by atoms with E-state index in [2.05, 4.69) is 39.6 Å². The standard InChI is InChI=1S/C19H22N6O/c1-23-11-12-25(13-17(23)14-7-4-3-5-8-14)19(26)20-15-9-6-10-16-18(15)22-24(2)21-16/h3-10,17H,11-13H2,1-2H3,(H,20,26). The van der Waals surface area contributed by atoms with Crippen LogP contribution in [0.2, 0.25) is 0 Å². The summed E-state index contributed by atoms with van der Waals surface area (Å²) >= 11 is 0. The summed E-state index contributed by atoms with van der Waals surface area (Å²) in [5, 5.41) is 11.6. The number of fused-ring (bicyclic) bond motifs is 1. The molecule has 1 unspecified atom stereocenters. The predicted octanol–water partition coefficient (Wildman–Crippen LogP) is 2.49. The van der Waals surface area contributed by atoms with E-state index in [-0.39, 0.29) is 12.1 Å². The lowest BCUT2D eigenvalue weighted by Crippen LogP contribution is -2.50. The zero-order chi connectivity index (χ0) is 18.1. The number of carbonyl (C=O) groups is 1. The van der Waals surface area contributed by atoms with E-state index in [1.165, 1.54) is 10.4 Å². The molecule has 0 radical (unpaired) electrons. The number of nitrogens with one attached hydrogen (secondary N) is 1. The van der Waals surface area contributed by atoms with Crippen LogP contribution in [0.25, 0.3) is 11.0 Å². The first-order chi connectivity index (χ1) is 12.6. The van der Waals surface area contributed by atoms with Gasteiger partial charge in [0.25, 0.3) is 0 Å². The van der Waals surface area contributed by atoms with Crippen molar-refractivity contribution in [2.75, 3.05) is 32.0 Å². The van der Waals surface area contributed by atoms with E-state index < -0.39 is 0 Å². The second-order valence-electron chi connectivity index (χ2n) is 6.65. The van der Waals surface area contributed by atoms with E-state index >= 15 is 0 Å². The summed E-state index contributed by atoms with van der Waals surface area (Å²) in [6.07, 6.45) is 0. The third-order valence-electron chi connectivity index (χ3n) is 4.87. The highest BCUT2D eigenvalue weighted by Gasteiger charge is 2.28. The Morgan fingerprint density at radius 1 is 1.04 bits per heavy atom. The van der Waals surface area contributed by atoms with Crippen LogP contribution in [0.15, 0.2) is 48.5 Å². The fourth-order valence-corrected chi connectivity index (χ4v) is 3.43. The zero-order valence-electron chi connectivity index (χ0n) is 15.0. The van der Waals surface area contributed by atoms with Crippen LogP contribution in [0, 0.1) is 0 Å². The molecule has 1 aliphatic rings. The van der Waals surface area contributed by atoms with Gasteiger partial charge < -0.3 is 10.2 Å². The Bertz CT molecular complexity index is 922. The summed E-state index contributed by atoms with van der Waals surface area (Å²) in [5.41, 5.74) is 3.39. The highest BCUT2D eigenvalue weighted by Crippen LogP contribution is 2.25.